The Balaban J connectivity index is 1.58. The first-order valence-corrected chi connectivity index (χ1v) is 6.75. The number of hydrogen-bond donors (Lipinski definition) is 1. The number of rotatable bonds is 3. The molecule has 108 valence electrons. The van der Waals surface area contributed by atoms with Crippen LogP contribution in [0.5, 0.6) is 0 Å². The molecule has 7 heteroatoms. The molecule has 1 aliphatic rings. The summed E-state index contributed by atoms with van der Waals surface area (Å²) in [6.45, 7) is 0.173. The van der Waals surface area contributed by atoms with Gasteiger partial charge in [-0.1, -0.05) is 29.5 Å². The Morgan fingerprint density at radius 1 is 0.909 bits per heavy atom. The summed E-state index contributed by atoms with van der Waals surface area (Å²) in [6, 6.07) is 14.2. The van der Waals surface area contributed by atoms with E-state index >= 15 is 0 Å². The molecule has 2 amide bonds. The number of hydrogen-bond acceptors (Lipinski definition) is 5. The van der Waals surface area contributed by atoms with Gasteiger partial charge in [0.25, 0.3) is 11.8 Å². The topological polar surface area (TPSA) is 80.1 Å². The summed E-state index contributed by atoms with van der Waals surface area (Å²) in [5.41, 5.74) is 5.21. The van der Waals surface area contributed by atoms with Gasteiger partial charge in [-0.2, -0.15) is 0 Å². The molecule has 1 N–H and O–H groups in total. The maximum absolute atomic E-state index is 12.2. The average Bonchev–Trinajstić information content (AvgIpc) is 3.07. The van der Waals surface area contributed by atoms with E-state index in [9.17, 15) is 9.59 Å². The number of imide groups is 1. The number of nitrogens with zero attached hydrogens (tertiary/aromatic N) is 4. The highest BCUT2D eigenvalue weighted by Crippen LogP contribution is 2.20. The molecule has 3 aromatic rings. The van der Waals surface area contributed by atoms with Crippen molar-refractivity contribution in [2.75, 3.05) is 0 Å². The van der Waals surface area contributed by atoms with Gasteiger partial charge in [-0.15, -0.1) is 5.10 Å². The first kappa shape index (κ1) is 12.7. The second kappa shape index (κ2) is 4.74. The molecule has 0 atom stereocenters. The largest absolute Gasteiger partial charge is 0.276 e. The summed E-state index contributed by atoms with van der Waals surface area (Å²) in [6.07, 6.45) is 0. The Kier molecular flexibility index (Phi) is 2.73. The Labute approximate surface area is 125 Å². The predicted molar refractivity (Wildman–Crippen MR) is 77.6 cm³/mol. The van der Waals surface area contributed by atoms with Gasteiger partial charge in [-0.3, -0.25) is 9.59 Å². The van der Waals surface area contributed by atoms with Crippen LogP contribution in [0.4, 0.5) is 0 Å². The summed E-state index contributed by atoms with van der Waals surface area (Å²) in [4.78, 5) is 24.5. The normalized spacial score (nSPS) is 13.9. The van der Waals surface area contributed by atoms with Gasteiger partial charge in [0.2, 0.25) is 0 Å². The van der Waals surface area contributed by atoms with E-state index in [1.54, 1.807) is 28.9 Å². The molecule has 0 spiro atoms. The third kappa shape index (κ3) is 1.80. The molecule has 0 saturated carbocycles. The zero-order valence-corrected chi connectivity index (χ0v) is 11.4. The van der Waals surface area contributed by atoms with Gasteiger partial charge >= 0.3 is 0 Å². The van der Waals surface area contributed by atoms with Crippen molar-refractivity contribution in [1.29, 1.82) is 0 Å². The van der Waals surface area contributed by atoms with Gasteiger partial charge in [-0.25, -0.2) is 15.1 Å². The Hall–Kier alpha value is -3.06. The second-order valence-corrected chi connectivity index (χ2v) is 4.89. The Morgan fingerprint density at radius 3 is 2.27 bits per heavy atom. The average molecular weight is 293 g/mol. The van der Waals surface area contributed by atoms with Crippen LogP contribution in [-0.4, -0.2) is 31.8 Å². The molecule has 0 aliphatic carbocycles. The quantitative estimate of drug-likeness (QED) is 0.734. The minimum atomic E-state index is -0.356. The van der Waals surface area contributed by atoms with Gasteiger partial charge in [0.15, 0.2) is 0 Å². The maximum Gasteiger partial charge on any atom is 0.276 e. The minimum Gasteiger partial charge on any atom is -0.267 e. The summed E-state index contributed by atoms with van der Waals surface area (Å²) < 4.78 is 1.60. The van der Waals surface area contributed by atoms with Crippen LogP contribution in [0.15, 0.2) is 48.5 Å². The zero-order chi connectivity index (χ0) is 15.1. The Bertz CT molecular complexity index is 867. The molecule has 0 saturated heterocycles. The molecule has 1 aromatic heterocycles. The van der Waals surface area contributed by atoms with Crippen LogP contribution >= 0.6 is 0 Å². The van der Waals surface area contributed by atoms with E-state index in [4.69, 9.17) is 0 Å². The van der Waals surface area contributed by atoms with Crippen LogP contribution in [0.25, 0.3) is 11.0 Å². The van der Waals surface area contributed by atoms with Gasteiger partial charge in [0.05, 0.1) is 16.6 Å². The van der Waals surface area contributed by atoms with E-state index in [-0.39, 0.29) is 18.5 Å². The number of benzene rings is 2. The Morgan fingerprint density at radius 2 is 1.55 bits per heavy atom. The smallest absolute Gasteiger partial charge is 0.267 e. The summed E-state index contributed by atoms with van der Waals surface area (Å²) in [5, 5.41) is 9.05. The van der Waals surface area contributed by atoms with E-state index in [0.29, 0.717) is 11.1 Å². The summed E-state index contributed by atoms with van der Waals surface area (Å²) >= 11 is 0. The molecule has 2 aromatic carbocycles. The van der Waals surface area contributed by atoms with Crippen molar-refractivity contribution in [1.82, 2.24) is 25.4 Å². The van der Waals surface area contributed by atoms with Crippen molar-refractivity contribution in [3.8, 4) is 0 Å². The monoisotopic (exact) mass is 293 g/mol. The number of nitrogens with one attached hydrogen (secondary N) is 1. The molecular weight excluding hydrogens is 282 g/mol. The van der Waals surface area contributed by atoms with Crippen molar-refractivity contribution in [2.45, 2.75) is 6.67 Å². The maximum atomic E-state index is 12.2. The second-order valence-electron chi connectivity index (χ2n) is 4.89. The van der Waals surface area contributed by atoms with Gasteiger partial charge < -0.3 is 0 Å². The number of carbonyl (C=O) groups is 2. The van der Waals surface area contributed by atoms with E-state index in [0.717, 1.165) is 16.0 Å². The van der Waals surface area contributed by atoms with Gasteiger partial charge in [0.1, 0.15) is 12.2 Å². The van der Waals surface area contributed by atoms with E-state index in [1.165, 1.54) is 0 Å². The van der Waals surface area contributed by atoms with Crippen LogP contribution in [-0.2, 0) is 6.67 Å². The number of carbonyl (C=O) groups excluding carboxylic acids is 2. The van der Waals surface area contributed by atoms with Crippen molar-refractivity contribution in [3.63, 3.8) is 0 Å². The van der Waals surface area contributed by atoms with Crippen molar-refractivity contribution in [3.05, 3.63) is 59.7 Å². The lowest BCUT2D eigenvalue weighted by molar-refractivity contribution is 0.0542. The fourth-order valence-electron chi connectivity index (χ4n) is 2.50. The van der Waals surface area contributed by atoms with Gasteiger partial charge in [0, 0.05) is 0 Å². The summed E-state index contributed by atoms with van der Waals surface area (Å²) in [5.74, 6) is -0.713. The third-order valence-electron chi connectivity index (χ3n) is 3.59. The molecule has 4 rings (SSSR count). The molecule has 7 nitrogen and oxygen atoms in total. The highest BCUT2D eigenvalue weighted by molar-refractivity contribution is 6.20. The van der Waals surface area contributed by atoms with Crippen molar-refractivity contribution < 1.29 is 9.59 Å². The molecule has 0 radical (unpaired) electrons. The molecule has 22 heavy (non-hydrogen) atoms. The first-order valence-electron chi connectivity index (χ1n) is 6.75. The van der Waals surface area contributed by atoms with E-state index < -0.39 is 0 Å². The van der Waals surface area contributed by atoms with E-state index in [2.05, 4.69) is 15.7 Å². The molecule has 0 fully saturated rings. The molecule has 0 bridgehead atoms. The lowest BCUT2D eigenvalue weighted by Crippen LogP contribution is -2.43. The predicted octanol–water partition coefficient (Wildman–Crippen LogP) is 1.19. The first-order chi connectivity index (χ1) is 10.8. The van der Waals surface area contributed by atoms with Crippen LogP contribution in [0.2, 0.25) is 0 Å². The number of para-hydroxylation sites is 1. The fraction of sp³-hybridized carbons (Fsp3) is 0.0667. The van der Waals surface area contributed by atoms with Gasteiger partial charge in [-0.05, 0) is 24.3 Å². The number of amides is 2. The zero-order valence-electron chi connectivity index (χ0n) is 11.4. The number of aromatic nitrogens is 3. The molecule has 2 heterocycles. The van der Waals surface area contributed by atoms with Crippen LogP contribution in [0.1, 0.15) is 20.7 Å². The van der Waals surface area contributed by atoms with Crippen LogP contribution in [0.3, 0.4) is 0 Å². The lowest BCUT2D eigenvalue weighted by Gasteiger charge is -2.15. The number of hydrazine groups is 1. The highest BCUT2D eigenvalue weighted by Gasteiger charge is 2.35. The third-order valence-corrected chi connectivity index (χ3v) is 3.59. The number of fused-ring (bicyclic) bond motifs is 2. The van der Waals surface area contributed by atoms with Crippen molar-refractivity contribution >= 4 is 22.8 Å². The van der Waals surface area contributed by atoms with E-state index in [1.807, 2.05) is 24.3 Å². The SMILES string of the molecule is O=C1c2ccccc2C(=O)N1NCn1nnc2ccccc21. The van der Waals surface area contributed by atoms with Crippen molar-refractivity contribution in [2.24, 2.45) is 0 Å². The molecule has 1 aliphatic heterocycles. The minimum absolute atomic E-state index is 0.173. The van der Waals surface area contributed by atoms with Crippen LogP contribution < -0.4 is 5.43 Å². The fourth-order valence-corrected chi connectivity index (χ4v) is 2.50. The lowest BCUT2D eigenvalue weighted by atomic mass is 10.1. The summed E-state index contributed by atoms with van der Waals surface area (Å²) in [7, 11) is 0. The molecule has 0 unspecified atom stereocenters. The van der Waals surface area contributed by atoms with Crippen LogP contribution in [0, 0.1) is 0 Å². The molecular formula is C15H11N5O2. The highest BCUT2D eigenvalue weighted by atomic mass is 16.2. The standard InChI is InChI=1S/C15H11N5O2/c21-14-10-5-1-2-6-11(10)15(22)20(14)16-9-19-13-8-4-3-7-12(13)17-18-19/h1-8,16H,9H2.